The van der Waals surface area contributed by atoms with Gasteiger partial charge in [-0.3, -0.25) is 13.4 Å². The molecule has 0 radical (unpaired) electrons. The number of benzene rings is 1. The van der Waals surface area contributed by atoms with E-state index in [4.69, 9.17) is 9.28 Å². The van der Waals surface area contributed by atoms with Gasteiger partial charge in [0.05, 0.1) is 28.9 Å². The van der Waals surface area contributed by atoms with Gasteiger partial charge in [-0.05, 0) is 68.9 Å². The van der Waals surface area contributed by atoms with Gasteiger partial charge in [0.15, 0.2) is 0 Å². The molecule has 0 N–H and O–H groups in total. The average Bonchev–Trinajstić information content (AvgIpc) is 3.39. The summed E-state index contributed by atoms with van der Waals surface area (Å²) in [7, 11) is -3.72. The van der Waals surface area contributed by atoms with Crippen LogP contribution in [0.4, 0.5) is 0 Å². The molecule has 0 spiro atoms. The maximum atomic E-state index is 12.5. The molecule has 3 aromatic heterocycles. The highest BCUT2D eigenvalue weighted by molar-refractivity contribution is 7.86. The minimum atomic E-state index is -3.72. The molecule has 2 fully saturated rings. The molecule has 3 heterocycles. The molecule has 0 atom stereocenters. The van der Waals surface area contributed by atoms with Crippen molar-refractivity contribution in [3.8, 4) is 5.69 Å². The maximum Gasteiger partial charge on any atom is 0.296 e. The Hall–Kier alpha value is -2.97. The first-order valence-electron chi connectivity index (χ1n) is 11.5. The Kier molecular flexibility index (Phi) is 4.88. The SMILES string of the molecule is Cc1ccc(S(=O)(=O)OCC2CC(n3cc(-n4ccc5cccnc54)c(C4CC4)n3)C2)cc1. The van der Waals surface area contributed by atoms with Gasteiger partial charge < -0.3 is 0 Å². The lowest BCUT2D eigenvalue weighted by atomic mass is 9.81. The van der Waals surface area contributed by atoms with Crippen LogP contribution in [0.2, 0.25) is 0 Å². The number of pyridine rings is 1. The number of fused-ring (bicyclic) bond motifs is 1. The van der Waals surface area contributed by atoms with Crippen LogP contribution in [0.15, 0.2) is 66.0 Å². The summed E-state index contributed by atoms with van der Waals surface area (Å²) in [6, 6.07) is 13.1. The second-order valence-corrected chi connectivity index (χ2v) is 10.9. The van der Waals surface area contributed by atoms with E-state index in [-0.39, 0.29) is 23.5 Å². The summed E-state index contributed by atoms with van der Waals surface area (Å²) in [5.41, 5.74) is 4.21. The normalized spacial score (nSPS) is 20.8. The minimum absolute atomic E-state index is 0.210. The zero-order valence-electron chi connectivity index (χ0n) is 18.5. The summed E-state index contributed by atoms with van der Waals surface area (Å²) in [5.74, 6) is 0.725. The molecule has 170 valence electrons. The van der Waals surface area contributed by atoms with Crippen molar-refractivity contribution < 1.29 is 12.6 Å². The van der Waals surface area contributed by atoms with Crippen molar-refractivity contribution in [2.24, 2.45) is 5.92 Å². The van der Waals surface area contributed by atoms with E-state index in [2.05, 4.69) is 38.8 Å². The lowest BCUT2D eigenvalue weighted by Gasteiger charge is -2.34. The second kappa shape index (κ2) is 7.81. The van der Waals surface area contributed by atoms with Crippen LogP contribution in [-0.2, 0) is 14.3 Å². The average molecular weight is 463 g/mol. The molecule has 0 bridgehead atoms. The molecule has 1 aromatic carbocycles. The highest BCUT2D eigenvalue weighted by Gasteiger charge is 2.36. The van der Waals surface area contributed by atoms with Crippen molar-refractivity contribution >= 4 is 21.2 Å². The van der Waals surface area contributed by atoms with E-state index in [0.29, 0.717) is 5.92 Å². The maximum absolute atomic E-state index is 12.5. The number of hydrogen-bond acceptors (Lipinski definition) is 5. The van der Waals surface area contributed by atoms with Gasteiger partial charge in [-0.25, -0.2) is 4.98 Å². The summed E-state index contributed by atoms with van der Waals surface area (Å²) >= 11 is 0. The lowest BCUT2D eigenvalue weighted by molar-refractivity contribution is 0.120. The molecule has 8 heteroatoms. The highest BCUT2D eigenvalue weighted by atomic mass is 32.2. The molecule has 2 aliphatic carbocycles. The zero-order valence-corrected chi connectivity index (χ0v) is 19.3. The standard InChI is InChI=1S/C25H26N4O3S/c1-17-4-8-22(9-5-17)33(30,31)32-16-18-13-21(14-18)29-15-23(24(27-29)19-6-7-19)28-12-10-20-3-2-11-26-25(20)28/h2-5,8-12,15,18-19,21H,6-7,13-14,16H2,1H3. The Morgan fingerprint density at radius 2 is 1.88 bits per heavy atom. The van der Waals surface area contributed by atoms with Crippen molar-refractivity contribution in [2.45, 2.75) is 49.5 Å². The van der Waals surface area contributed by atoms with Gasteiger partial charge in [0.1, 0.15) is 5.65 Å². The number of aromatic nitrogens is 4. The molecular formula is C25H26N4O3S. The molecule has 0 saturated heterocycles. The Morgan fingerprint density at radius 1 is 1.09 bits per heavy atom. The Labute approximate surface area is 193 Å². The molecule has 0 unspecified atom stereocenters. The quantitative estimate of drug-likeness (QED) is 0.370. The van der Waals surface area contributed by atoms with E-state index in [1.54, 1.807) is 24.3 Å². The fraction of sp³-hybridized carbons (Fsp3) is 0.360. The van der Waals surface area contributed by atoms with Crippen LogP contribution in [0.1, 0.15) is 48.9 Å². The third-order valence-electron chi connectivity index (χ3n) is 6.77. The lowest BCUT2D eigenvalue weighted by Crippen LogP contribution is -2.31. The van der Waals surface area contributed by atoms with E-state index in [0.717, 1.165) is 40.8 Å². The predicted molar refractivity (Wildman–Crippen MR) is 125 cm³/mol. The number of aryl methyl sites for hydroxylation is 1. The zero-order chi connectivity index (χ0) is 22.6. The van der Waals surface area contributed by atoms with Crippen LogP contribution in [0, 0.1) is 12.8 Å². The van der Waals surface area contributed by atoms with E-state index < -0.39 is 10.1 Å². The van der Waals surface area contributed by atoms with Gasteiger partial charge in [0, 0.05) is 29.9 Å². The van der Waals surface area contributed by atoms with Crippen LogP contribution in [-0.4, -0.2) is 34.4 Å². The van der Waals surface area contributed by atoms with Gasteiger partial charge in [-0.2, -0.15) is 13.5 Å². The van der Waals surface area contributed by atoms with Crippen molar-refractivity contribution in [2.75, 3.05) is 6.61 Å². The van der Waals surface area contributed by atoms with Crippen LogP contribution >= 0.6 is 0 Å². The molecule has 7 nitrogen and oxygen atoms in total. The van der Waals surface area contributed by atoms with Crippen molar-refractivity contribution in [3.05, 3.63) is 72.3 Å². The summed E-state index contributed by atoms with van der Waals surface area (Å²) in [6.07, 6.45) is 10.1. The topological polar surface area (TPSA) is 79.0 Å². The molecule has 2 aliphatic rings. The molecule has 0 aliphatic heterocycles. The van der Waals surface area contributed by atoms with Crippen LogP contribution in [0.5, 0.6) is 0 Å². The van der Waals surface area contributed by atoms with Crippen LogP contribution in [0.3, 0.4) is 0 Å². The van der Waals surface area contributed by atoms with Crippen molar-refractivity contribution in [1.82, 2.24) is 19.3 Å². The molecule has 6 rings (SSSR count). The smallest absolute Gasteiger partial charge is 0.296 e. The fourth-order valence-electron chi connectivity index (χ4n) is 4.59. The first kappa shape index (κ1) is 20.6. The summed E-state index contributed by atoms with van der Waals surface area (Å²) < 4.78 is 34.5. The molecule has 33 heavy (non-hydrogen) atoms. The summed E-state index contributed by atoms with van der Waals surface area (Å²) in [6.45, 7) is 2.14. The molecular weight excluding hydrogens is 436 g/mol. The number of nitrogens with zero attached hydrogens (tertiary/aromatic N) is 4. The van der Waals surface area contributed by atoms with Crippen molar-refractivity contribution in [1.29, 1.82) is 0 Å². The predicted octanol–water partition coefficient (Wildman–Crippen LogP) is 4.76. The van der Waals surface area contributed by atoms with Gasteiger partial charge >= 0.3 is 0 Å². The summed E-state index contributed by atoms with van der Waals surface area (Å²) in [4.78, 5) is 4.78. The van der Waals surface area contributed by atoms with Gasteiger partial charge in [-0.1, -0.05) is 17.7 Å². The first-order valence-corrected chi connectivity index (χ1v) is 12.9. The Balaban J connectivity index is 1.15. The fourth-order valence-corrected chi connectivity index (χ4v) is 5.57. The number of hydrogen-bond donors (Lipinski definition) is 0. The van der Waals surface area contributed by atoms with E-state index >= 15 is 0 Å². The monoisotopic (exact) mass is 462 g/mol. The van der Waals surface area contributed by atoms with E-state index in [1.807, 2.05) is 19.2 Å². The molecule has 2 saturated carbocycles. The highest BCUT2D eigenvalue weighted by Crippen LogP contribution is 2.44. The number of rotatable bonds is 7. The van der Waals surface area contributed by atoms with Gasteiger partial charge in [-0.15, -0.1) is 0 Å². The van der Waals surface area contributed by atoms with Gasteiger partial charge in [0.25, 0.3) is 10.1 Å². The molecule has 0 amide bonds. The Morgan fingerprint density at radius 3 is 2.64 bits per heavy atom. The molecule has 4 aromatic rings. The van der Waals surface area contributed by atoms with E-state index in [1.165, 1.54) is 12.8 Å². The third-order valence-corrected chi connectivity index (χ3v) is 8.06. The second-order valence-electron chi connectivity index (χ2n) is 9.30. The third kappa shape index (κ3) is 3.87. The van der Waals surface area contributed by atoms with Crippen LogP contribution < -0.4 is 0 Å². The van der Waals surface area contributed by atoms with Crippen molar-refractivity contribution in [3.63, 3.8) is 0 Å². The van der Waals surface area contributed by atoms with Crippen LogP contribution in [0.25, 0.3) is 16.7 Å². The first-order chi connectivity index (χ1) is 16.0. The minimum Gasteiger partial charge on any atom is -0.298 e. The van der Waals surface area contributed by atoms with E-state index in [9.17, 15) is 8.42 Å². The summed E-state index contributed by atoms with van der Waals surface area (Å²) in [5, 5.41) is 6.08. The van der Waals surface area contributed by atoms with Gasteiger partial charge in [0.2, 0.25) is 0 Å². The Bertz CT molecular complexity index is 1410. The largest absolute Gasteiger partial charge is 0.298 e.